The van der Waals surface area contributed by atoms with E-state index >= 15 is 0 Å². The number of aliphatic hydroxyl groups is 1. The highest BCUT2D eigenvalue weighted by Crippen LogP contribution is 2.33. The molecule has 0 aliphatic heterocycles. The fraction of sp³-hybridized carbons (Fsp3) is 1.00. The van der Waals surface area contributed by atoms with Crippen LogP contribution in [0.15, 0.2) is 0 Å². The maximum absolute atomic E-state index is 11.9. The van der Waals surface area contributed by atoms with Gasteiger partial charge in [-0.05, 0) is 37.0 Å². The molecule has 2 N–H and O–H groups in total. The third kappa shape index (κ3) is 6.23. The molecule has 0 radical (unpaired) electrons. The Bertz CT molecular complexity index is 376. The highest BCUT2D eigenvalue weighted by atomic mass is 32.2. The van der Waals surface area contributed by atoms with E-state index in [4.69, 9.17) is 0 Å². The summed E-state index contributed by atoms with van der Waals surface area (Å²) in [7, 11) is -3.31. The molecule has 0 aromatic heterocycles. The lowest BCUT2D eigenvalue weighted by Crippen LogP contribution is -2.46. The van der Waals surface area contributed by atoms with Crippen molar-refractivity contribution in [3.05, 3.63) is 0 Å². The molecule has 4 nitrogen and oxygen atoms in total. The molecule has 0 bridgehead atoms. The van der Waals surface area contributed by atoms with Crippen molar-refractivity contribution in [2.24, 2.45) is 11.3 Å². The normalized spacial score (nSPS) is 29.4. The summed E-state index contributed by atoms with van der Waals surface area (Å²) in [4.78, 5) is 0. The Kier molecular flexibility index (Phi) is 5.43. The van der Waals surface area contributed by atoms with E-state index in [1.54, 1.807) is 0 Å². The SMILES string of the molecule is CCC1CCC(O)(CNS(=O)(=O)CC(C)(C)C)CC1. The van der Waals surface area contributed by atoms with Crippen LogP contribution >= 0.6 is 0 Å². The van der Waals surface area contributed by atoms with Gasteiger partial charge in [-0.3, -0.25) is 0 Å². The molecule has 5 heteroatoms. The van der Waals surface area contributed by atoms with Gasteiger partial charge in [0, 0.05) is 6.54 Å². The Morgan fingerprint density at radius 2 is 1.79 bits per heavy atom. The van der Waals surface area contributed by atoms with Crippen LogP contribution in [-0.2, 0) is 10.0 Å². The van der Waals surface area contributed by atoms with Crippen molar-refractivity contribution >= 4 is 10.0 Å². The van der Waals surface area contributed by atoms with Gasteiger partial charge in [0.1, 0.15) is 0 Å². The Labute approximate surface area is 118 Å². The van der Waals surface area contributed by atoms with Crippen LogP contribution in [0.25, 0.3) is 0 Å². The summed E-state index contributed by atoms with van der Waals surface area (Å²) in [5.74, 6) is 0.777. The van der Waals surface area contributed by atoms with Gasteiger partial charge in [0.2, 0.25) is 10.0 Å². The first-order valence-electron chi connectivity index (χ1n) is 7.25. The van der Waals surface area contributed by atoms with Crippen molar-refractivity contribution in [1.82, 2.24) is 4.72 Å². The Hall–Kier alpha value is -0.130. The van der Waals surface area contributed by atoms with Gasteiger partial charge < -0.3 is 5.11 Å². The highest BCUT2D eigenvalue weighted by Gasteiger charge is 2.34. The number of hydrogen-bond acceptors (Lipinski definition) is 3. The van der Waals surface area contributed by atoms with E-state index in [0.29, 0.717) is 18.8 Å². The van der Waals surface area contributed by atoms with Crippen molar-refractivity contribution in [3.8, 4) is 0 Å². The van der Waals surface area contributed by atoms with Gasteiger partial charge in [0.05, 0.1) is 11.4 Å². The maximum Gasteiger partial charge on any atom is 0.212 e. The van der Waals surface area contributed by atoms with Crippen molar-refractivity contribution in [3.63, 3.8) is 0 Å². The smallest absolute Gasteiger partial charge is 0.212 e. The second kappa shape index (κ2) is 6.10. The molecule has 114 valence electrons. The minimum absolute atomic E-state index is 0.0909. The maximum atomic E-state index is 11.9. The van der Waals surface area contributed by atoms with E-state index < -0.39 is 15.6 Å². The molecule has 0 amide bonds. The number of hydrogen-bond donors (Lipinski definition) is 2. The molecule has 1 rings (SSSR count). The molecule has 0 aromatic rings. The van der Waals surface area contributed by atoms with E-state index in [0.717, 1.165) is 19.3 Å². The molecule has 0 aromatic carbocycles. The van der Waals surface area contributed by atoms with Gasteiger partial charge in [-0.15, -0.1) is 0 Å². The molecule has 1 fully saturated rings. The average Bonchev–Trinajstić information content (AvgIpc) is 2.25. The fourth-order valence-electron chi connectivity index (χ4n) is 2.67. The molecule has 0 saturated heterocycles. The van der Waals surface area contributed by atoms with E-state index in [2.05, 4.69) is 11.6 Å². The predicted octanol–water partition coefficient (Wildman–Crippen LogP) is 2.28. The molecule has 0 heterocycles. The lowest BCUT2D eigenvalue weighted by atomic mass is 9.78. The van der Waals surface area contributed by atoms with E-state index in [9.17, 15) is 13.5 Å². The third-order valence-corrected chi connectivity index (χ3v) is 5.69. The Balaban J connectivity index is 2.48. The molecule has 0 unspecified atom stereocenters. The molecule has 1 aliphatic rings. The van der Waals surface area contributed by atoms with Crippen LogP contribution in [0.4, 0.5) is 0 Å². The fourth-order valence-corrected chi connectivity index (χ4v) is 4.40. The van der Waals surface area contributed by atoms with Crippen LogP contribution in [0, 0.1) is 11.3 Å². The summed E-state index contributed by atoms with van der Waals surface area (Å²) in [5.41, 5.74) is -1.12. The number of nitrogens with one attached hydrogen (secondary N) is 1. The molecule has 1 saturated carbocycles. The van der Waals surface area contributed by atoms with Crippen molar-refractivity contribution in [2.45, 2.75) is 65.4 Å². The number of sulfonamides is 1. The molecule has 19 heavy (non-hydrogen) atoms. The largest absolute Gasteiger partial charge is 0.389 e. The second-order valence-corrected chi connectivity index (χ2v) is 9.02. The first-order chi connectivity index (χ1) is 8.55. The molecule has 0 spiro atoms. The standard InChI is InChI=1S/C14H29NO3S/c1-5-12-6-8-14(16,9-7-12)10-15-19(17,18)11-13(2,3)4/h12,15-16H,5-11H2,1-4H3. The summed E-state index contributed by atoms with van der Waals surface area (Å²) in [5, 5.41) is 10.4. The van der Waals surface area contributed by atoms with Crippen molar-refractivity contribution < 1.29 is 13.5 Å². The molecule has 0 atom stereocenters. The zero-order valence-corrected chi connectivity index (χ0v) is 13.5. The zero-order valence-electron chi connectivity index (χ0n) is 12.7. The topological polar surface area (TPSA) is 66.4 Å². The third-order valence-electron chi connectivity index (χ3n) is 3.86. The Morgan fingerprint density at radius 1 is 1.26 bits per heavy atom. The van der Waals surface area contributed by atoms with Crippen LogP contribution in [0.3, 0.4) is 0 Å². The summed E-state index contributed by atoms with van der Waals surface area (Å²) >= 11 is 0. The quantitative estimate of drug-likeness (QED) is 0.816. The van der Waals surface area contributed by atoms with E-state index in [1.807, 2.05) is 20.8 Å². The Morgan fingerprint density at radius 3 is 2.21 bits per heavy atom. The molecular formula is C14H29NO3S. The van der Waals surface area contributed by atoms with E-state index in [1.165, 1.54) is 0 Å². The average molecular weight is 291 g/mol. The van der Waals surface area contributed by atoms with Gasteiger partial charge in [-0.2, -0.15) is 0 Å². The van der Waals surface area contributed by atoms with Gasteiger partial charge in [-0.25, -0.2) is 13.1 Å². The second-order valence-electron chi connectivity index (χ2n) is 7.22. The van der Waals surface area contributed by atoms with Crippen molar-refractivity contribution in [1.29, 1.82) is 0 Å². The van der Waals surface area contributed by atoms with Crippen LogP contribution in [0.5, 0.6) is 0 Å². The van der Waals surface area contributed by atoms with Gasteiger partial charge in [0.25, 0.3) is 0 Å². The highest BCUT2D eigenvalue weighted by molar-refractivity contribution is 7.89. The lowest BCUT2D eigenvalue weighted by Gasteiger charge is -2.36. The van der Waals surface area contributed by atoms with Gasteiger partial charge >= 0.3 is 0 Å². The summed E-state index contributed by atoms with van der Waals surface area (Å²) < 4.78 is 26.4. The minimum Gasteiger partial charge on any atom is -0.389 e. The van der Waals surface area contributed by atoms with Crippen LogP contribution in [-0.4, -0.2) is 31.4 Å². The van der Waals surface area contributed by atoms with Gasteiger partial charge in [0.15, 0.2) is 0 Å². The van der Waals surface area contributed by atoms with Gasteiger partial charge in [-0.1, -0.05) is 34.1 Å². The van der Waals surface area contributed by atoms with Crippen LogP contribution in [0.1, 0.15) is 59.8 Å². The lowest BCUT2D eigenvalue weighted by molar-refractivity contribution is -0.00446. The summed E-state index contributed by atoms with van der Waals surface area (Å²) in [6, 6.07) is 0. The first kappa shape index (κ1) is 16.9. The summed E-state index contributed by atoms with van der Waals surface area (Å²) in [6.07, 6.45) is 4.53. The zero-order chi connectivity index (χ0) is 14.7. The number of rotatable bonds is 5. The van der Waals surface area contributed by atoms with Crippen molar-refractivity contribution in [2.75, 3.05) is 12.3 Å². The molecular weight excluding hydrogens is 262 g/mol. The minimum atomic E-state index is -3.31. The molecule has 1 aliphatic carbocycles. The van der Waals surface area contributed by atoms with Crippen LogP contribution < -0.4 is 4.72 Å². The predicted molar refractivity (Wildman–Crippen MR) is 78.4 cm³/mol. The monoisotopic (exact) mass is 291 g/mol. The van der Waals surface area contributed by atoms with Crippen LogP contribution in [0.2, 0.25) is 0 Å². The first-order valence-corrected chi connectivity index (χ1v) is 8.90. The van der Waals surface area contributed by atoms with E-state index in [-0.39, 0.29) is 17.7 Å². The summed E-state index contributed by atoms with van der Waals surface area (Å²) in [6.45, 7) is 8.01.